The fraction of sp³-hybridized carbons (Fsp3) is 0.125. The number of ether oxygens (including phenoxy) is 1. The van der Waals surface area contributed by atoms with E-state index in [1.807, 2.05) is 6.07 Å². The van der Waals surface area contributed by atoms with Gasteiger partial charge in [-0.2, -0.15) is 0 Å². The molecule has 0 bridgehead atoms. The molecule has 0 aliphatic carbocycles. The summed E-state index contributed by atoms with van der Waals surface area (Å²) in [5, 5.41) is 13.4. The van der Waals surface area contributed by atoms with Gasteiger partial charge in [-0.25, -0.2) is 9.97 Å². The van der Waals surface area contributed by atoms with Crippen LogP contribution in [0.2, 0.25) is 5.02 Å². The lowest BCUT2D eigenvalue weighted by molar-refractivity contribution is 0.0963. The maximum absolute atomic E-state index is 12.1. The van der Waals surface area contributed by atoms with Crippen LogP contribution < -0.4 is 21.1 Å². The van der Waals surface area contributed by atoms with Gasteiger partial charge in [0.25, 0.3) is 5.91 Å². The van der Waals surface area contributed by atoms with Crippen molar-refractivity contribution in [3.05, 3.63) is 58.8 Å². The molecule has 1 amide bonds. The number of allylic oxidation sites excluding steroid dienone is 1. The molecule has 0 aliphatic heterocycles. The predicted octanol–water partition coefficient (Wildman–Crippen LogP) is 1.73. The number of nitrogens with zero attached hydrogens (tertiary/aromatic N) is 2. The Kier molecular flexibility index (Phi) is 6.30. The van der Waals surface area contributed by atoms with Gasteiger partial charge in [0.15, 0.2) is 11.5 Å². The maximum Gasteiger partial charge on any atom is 0.278 e. The average molecular weight is 361 g/mol. The number of methoxy groups -OCH3 is 1. The number of hydrogen-bond donors (Lipinski definition) is 4. The van der Waals surface area contributed by atoms with Gasteiger partial charge in [-0.05, 0) is 17.7 Å². The lowest BCUT2D eigenvalue weighted by Crippen LogP contribution is -2.27. The van der Waals surface area contributed by atoms with Crippen LogP contribution in [0.4, 0.5) is 5.82 Å². The van der Waals surface area contributed by atoms with Gasteiger partial charge in [0.1, 0.15) is 5.75 Å². The number of benzene rings is 1. The van der Waals surface area contributed by atoms with E-state index in [1.54, 1.807) is 19.2 Å². The largest absolute Gasteiger partial charge is 0.495 e. The molecule has 0 unspecified atom stereocenters. The molecule has 0 aliphatic rings. The van der Waals surface area contributed by atoms with Crippen LogP contribution in [-0.2, 0) is 6.54 Å². The highest BCUT2D eigenvalue weighted by Gasteiger charge is 2.12. The third-order valence-corrected chi connectivity index (χ3v) is 3.43. The molecule has 0 fully saturated rings. The molecule has 1 aromatic heterocycles. The van der Waals surface area contributed by atoms with E-state index >= 15 is 0 Å². The number of nitrogen functional groups attached to an aromatic ring is 1. The third kappa shape index (κ3) is 4.92. The van der Waals surface area contributed by atoms with E-state index in [9.17, 15) is 4.79 Å². The standard InChI is InChI=1S/C16H17ClN6O2/c1-25-13-3-2-10(6-12(13)17)8-20-9-11(7-18)23-16(24)14-15(19)22-5-4-21-14/h2-7,9,18,20H,8H2,1H3,(H2,19,22)(H,23,24)/b11-9+,18-7?. The number of hydrogen-bond acceptors (Lipinski definition) is 7. The zero-order valence-corrected chi connectivity index (χ0v) is 14.2. The number of anilines is 1. The molecule has 0 atom stereocenters. The summed E-state index contributed by atoms with van der Waals surface area (Å²) in [6, 6.07) is 5.39. The van der Waals surface area contributed by atoms with E-state index in [1.165, 1.54) is 18.6 Å². The summed E-state index contributed by atoms with van der Waals surface area (Å²) in [6.07, 6.45) is 5.25. The SMILES string of the molecule is COc1ccc(CN/C=C(\C=N)NC(=O)c2nccnc2N)cc1Cl. The molecule has 0 saturated carbocycles. The minimum atomic E-state index is -0.547. The van der Waals surface area contributed by atoms with Crippen LogP contribution in [0.1, 0.15) is 16.1 Å². The van der Waals surface area contributed by atoms with Crippen LogP contribution in [-0.4, -0.2) is 29.2 Å². The summed E-state index contributed by atoms with van der Waals surface area (Å²) in [5.74, 6) is 0.0646. The molecular weight excluding hydrogens is 344 g/mol. The zero-order chi connectivity index (χ0) is 18.2. The van der Waals surface area contributed by atoms with Crippen LogP contribution in [0.25, 0.3) is 0 Å². The van der Waals surface area contributed by atoms with E-state index in [0.29, 0.717) is 17.3 Å². The number of halogens is 1. The Morgan fingerprint density at radius 2 is 2.16 bits per heavy atom. The van der Waals surface area contributed by atoms with Gasteiger partial charge in [0, 0.05) is 31.4 Å². The number of carbonyl (C=O) groups excluding carboxylic acids is 1. The van der Waals surface area contributed by atoms with Crippen LogP contribution in [0.5, 0.6) is 5.75 Å². The molecule has 2 rings (SSSR count). The molecule has 1 heterocycles. The van der Waals surface area contributed by atoms with Crippen LogP contribution in [0.3, 0.4) is 0 Å². The van der Waals surface area contributed by atoms with E-state index in [2.05, 4.69) is 20.6 Å². The lowest BCUT2D eigenvalue weighted by Gasteiger charge is -2.08. The topological polar surface area (TPSA) is 126 Å². The van der Waals surface area contributed by atoms with Crippen molar-refractivity contribution in [2.24, 2.45) is 0 Å². The van der Waals surface area contributed by atoms with Crippen molar-refractivity contribution >= 4 is 29.5 Å². The summed E-state index contributed by atoms with van der Waals surface area (Å²) in [4.78, 5) is 19.8. The Morgan fingerprint density at radius 1 is 1.40 bits per heavy atom. The van der Waals surface area contributed by atoms with Gasteiger partial charge in [0.05, 0.1) is 17.8 Å². The zero-order valence-electron chi connectivity index (χ0n) is 13.4. The number of nitrogens with one attached hydrogen (secondary N) is 3. The van der Waals surface area contributed by atoms with E-state index in [4.69, 9.17) is 27.5 Å². The van der Waals surface area contributed by atoms with Crippen molar-refractivity contribution < 1.29 is 9.53 Å². The van der Waals surface area contributed by atoms with Crippen LogP contribution in [0, 0.1) is 5.41 Å². The summed E-state index contributed by atoms with van der Waals surface area (Å²) in [6.45, 7) is 0.449. The van der Waals surface area contributed by atoms with Crippen molar-refractivity contribution in [3.63, 3.8) is 0 Å². The molecule has 0 saturated heterocycles. The summed E-state index contributed by atoms with van der Waals surface area (Å²) >= 11 is 6.06. The third-order valence-electron chi connectivity index (χ3n) is 3.13. The van der Waals surface area contributed by atoms with E-state index in [-0.39, 0.29) is 17.2 Å². The fourth-order valence-electron chi connectivity index (χ4n) is 1.93. The molecule has 130 valence electrons. The number of amides is 1. The van der Waals surface area contributed by atoms with Crippen molar-refractivity contribution in [2.45, 2.75) is 6.54 Å². The van der Waals surface area contributed by atoms with Gasteiger partial charge in [-0.15, -0.1) is 0 Å². The number of nitrogens with two attached hydrogens (primary N) is 1. The van der Waals surface area contributed by atoms with Crippen molar-refractivity contribution in [1.29, 1.82) is 5.41 Å². The Hall–Kier alpha value is -3.13. The second-order valence-corrected chi connectivity index (χ2v) is 5.25. The second kappa shape index (κ2) is 8.65. The van der Waals surface area contributed by atoms with Crippen molar-refractivity contribution in [2.75, 3.05) is 12.8 Å². The first-order chi connectivity index (χ1) is 12.0. The molecule has 1 aromatic carbocycles. The molecule has 9 heteroatoms. The highest BCUT2D eigenvalue weighted by Crippen LogP contribution is 2.24. The van der Waals surface area contributed by atoms with Crippen LogP contribution >= 0.6 is 11.6 Å². The summed E-state index contributed by atoms with van der Waals surface area (Å²) in [7, 11) is 1.55. The lowest BCUT2D eigenvalue weighted by atomic mass is 10.2. The maximum atomic E-state index is 12.1. The first-order valence-corrected chi connectivity index (χ1v) is 7.57. The average Bonchev–Trinajstić information content (AvgIpc) is 2.61. The molecule has 2 aromatic rings. The number of aromatic nitrogens is 2. The van der Waals surface area contributed by atoms with Gasteiger partial charge < -0.3 is 26.5 Å². The van der Waals surface area contributed by atoms with E-state index in [0.717, 1.165) is 11.8 Å². The monoisotopic (exact) mass is 360 g/mol. The van der Waals surface area contributed by atoms with E-state index < -0.39 is 5.91 Å². The molecule has 0 radical (unpaired) electrons. The Bertz CT molecular complexity index is 809. The fourth-order valence-corrected chi connectivity index (χ4v) is 2.21. The highest BCUT2D eigenvalue weighted by atomic mass is 35.5. The minimum Gasteiger partial charge on any atom is -0.495 e. The van der Waals surface area contributed by atoms with Crippen LogP contribution in [0.15, 0.2) is 42.5 Å². The van der Waals surface area contributed by atoms with Gasteiger partial charge in [-0.1, -0.05) is 17.7 Å². The second-order valence-electron chi connectivity index (χ2n) is 4.84. The molecule has 0 spiro atoms. The predicted molar refractivity (Wildman–Crippen MR) is 95.6 cm³/mol. The van der Waals surface area contributed by atoms with Crippen molar-refractivity contribution in [1.82, 2.24) is 20.6 Å². The highest BCUT2D eigenvalue weighted by molar-refractivity contribution is 6.32. The van der Waals surface area contributed by atoms with Crippen molar-refractivity contribution in [3.8, 4) is 5.75 Å². The number of rotatable bonds is 7. The minimum absolute atomic E-state index is 0.00261. The van der Waals surface area contributed by atoms with Gasteiger partial charge in [-0.3, -0.25) is 4.79 Å². The van der Waals surface area contributed by atoms with Gasteiger partial charge in [0.2, 0.25) is 0 Å². The first-order valence-electron chi connectivity index (χ1n) is 7.19. The molecule has 5 N–H and O–H groups in total. The Morgan fingerprint density at radius 3 is 2.80 bits per heavy atom. The summed E-state index contributed by atoms with van der Waals surface area (Å²) in [5.41, 5.74) is 6.76. The normalized spacial score (nSPS) is 10.9. The first kappa shape index (κ1) is 18.2. The number of carbonyl (C=O) groups is 1. The quantitative estimate of drug-likeness (QED) is 0.557. The molecular formula is C16H17ClN6O2. The Balaban J connectivity index is 1.98. The summed E-state index contributed by atoms with van der Waals surface area (Å²) < 4.78 is 5.09. The molecule has 25 heavy (non-hydrogen) atoms. The molecule has 8 nitrogen and oxygen atoms in total. The Labute approximate surface area is 149 Å². The van der Waals surface area contributed by atoms with Gasteiger partial charge >= 0.3 is 0 Å². The smallest absolute Gasteiger partial charge is 0.278 e.